The highest BCUT2D eigenvalue weighted by atomic mass is 33.1. The predicted octanol–water partition coefficient (Wildman–Crippen LogP) is -2.66. The molecule has 68 valence electrons. The smallest absolute Gasteiger partial charge is 0.315 e. The van der Waals surface area contributed by atoms with Crippen LogP contribution in [-0.4, -0.2) is 22.1 Å². The molecule has 0 radical (unpaired) electrons. The van der Waals surface area contributed by atoms with Crippen molar-refractivity contribution < 1.29 is 36.0 Å². The normalized spacial score (nSPS) is 15.5. The van der Waals surface area contributed by atoms with Crippen LogP contribution in [-0.2, 0) is 34.9 Å². The van der Waals surface area contributed by atoms with Crippen LogP contribution in [0, 0.1) is 0 Å². The summed E-state index contributed by atoms with van der Waals surface area (Å²) < 4.78 is 45.6. The number of hydrogen-bond acceptors (Lipinski definition) is 8. The summed E-state index contributed by atoms with van der Waals surface area (Å²) in [5.41, 5.74) is 0. The minimum absolute atomic E-state index is 2.62. The fraction of sp³-hybridized carbons (Fsp3) is 0. The van der Waals surface area contributed by atoms with Crippen molar-refractivity contribution in [2.45, 2.75) is 0 Å². The third kappa shape index (κ3) is 2.41. The quantitative estimate of drug-likeness (QED) is 0.398. The van der Waals surface area contributed by atoms with E-state index in [4.69, 9.17) is 5.26 Å². The van der Waals surface area contributed by atoms with Gasteiger partial charge in [0.1, 0.15) is 0 Å². The second-order valence-corrected chi connectivity index (χ2v) is 7.37. The van der Waals surface area contributed by atoms with E-state index < -0.39 is 26.2 Å². The van der Waals surface area contributed by atoms with Gasteiger partial charge in [0.15, 0.2) is 0 Å². The summed E-state index contributed by atoms with van der Waals surface area (Å²) in [6.07, 6.45) is 0. The van der Waals surface area contributed by atoms with E-state index in [1.165, 1.54) is 0 Å². The zero-order valence-electron chi connectivity index (χ0n) is 4.53. The second-order valence-electron chi connectivity index (χ2n) is 0.959. The summed E-state index contributed by atoms with van der Waals surface area (Å²) in [6, 6.07) is 0. The van der Waals surface area contributed by atoms with Gasteiger partial charge in [-0.3, -0.25) is 0 Å². The highest BCUT2D eigenvalue weighted by Gasteiger charge is 2.04. The molecule has 11 heteroatoms. The van der Waals surface area contributed by atoms with Crippen LogP contribution >= 0.6 is 0 Å². The summed E-state index contributed by atoms with van der Waals surface area (Å²) in [4.78, 5) is 0. The van der Waals surface area contributed by atoms with Crippen molar-refractivity contribution in [2.75, 3.05) is 0 Å². The Hall–Kier alpha value is -0.170. The molecule has 11 heavy (non-hydrogen) atoms. The SMILES string of the molecule is O=S(=O)=S(=O)=S(=O)(O[O-])OO. The molecule has 0 aromatic heterocycles. The maximum atomic E-state index is 10.4. The van der Waals surface area contributed by atoms with Crippen LogP contribution in [0.3, 0.4) is 0 Å². The van der Waals surface area contributed by atoms with E-state index >= 15 is 0 Å². The number of rotatable bonds is 2. The lowest BCUT2D eigenvalue weighted by Gasteiger charge is -2.03. The summed E-state index contributed by atoms with van der Waals surface area (Å²) in [5.74, 6) is 0. The molecule has 8 nitrogen and oxygen atoms in total. The fourth-order valence-electron chi connectivity index (χ4n) is 0.128. The molecular weight excluding hydrogens is 224 g/mol. The lowest BCUT2D eigenvalue weighted by atomic mass is 14.9. The maximum absolute atomic E-state index is 10.4. The van der Waals surface area contributed by atoms with Crippen molar-refractivity contribution in [3.8, 4) is 0 Å². The third-order valence-corrected chi connectivity index (χ3v) is 5.87. The van der Waals surface area contributed by atoms with Crippen molar-refractivity contribution in [3.05, 3.63) is 0 Å². The van der Waals surface area contributed by atoms with Crippen LogP contribution in [0.2, 0.25) is 0 Å². The summed E-state index contributed by atoms with van der Waals surface area (Å²) in [7, 11) is -11.3. The van der Waals surface area contributed by atoms with E-state index in [0.717, 1.165) is 0 Å². The van der Waals surface area contributed by atoms with Crippen LogP contribution in [0.4, 0.5) is 0 Å². The third-order valence-electron chi connectivity index (χ3n) is 0.452. The first-order valence-electron chi connectivity index (χ1n) is 1.68. The first-order valence-corrected chi connectivity index (χ1v) is 6.35. The molecule has 1 N–H and O–H groups in total. The Balaban J connectivity index is 6.30. The second kappa shape index (κ2) is 4.01. The molecule has 1 atom stereocenters. The average Bonchev–Trinajstić information content (AvgIpc) is 2.01. The van der Waals surface area contributed by atoms with Gasteiger partial charge in [-0.2, -0.15) is 16.8 Å². The van der Waals surface area contributed by atoms with Crippen molar-refractivity contribution in [3.63, 3.8) is 0 Å². The molecule has 0 aromatic carbocycles. The lowest BCUT2D eigenvalue weighted by Crippen LogP contribution is -2.16. The van der Waals surface area contributed by atoms with Gasteiger partial charge in [0.2, 0.25) is 7.92 Å². The molecule has 0 amide bonds. The van der Waals surface area contributed by atoms with Crippen LogP contribution in [0.1, 0.15) is 0 Å². The van der Waals surface area contributed by atoms with Crippen LogP contribution < -0.4 is 5.26 Å². The maximum Gasteiger partial charge on any atom is 0.315 e. The van der Waals surface area contributed by atoms with Crippen molar-refractivity contribution in [1.82, 2.24) is 0 Å². The van der Waals surface area contributed by atoms with E-state index in [2.05, 4.69) is 8.67 Å². The molecule has 0 heterocycles. The van der Waals surface area contributed by atoms with Crippen molar-refractivity contribution >= 4 is 26.2 Å². The molecule has 0 bridgehead atoms. The summed E-state index contributed by atoms with van der Waals surface area (Å²) >= 11 is 0. The molecular formula is HO8S3-. The highest BCUT2D eigenvalue weighted by molar-refractivity contribution is 8.53. The predicted molar refractivity (Wildman–Crippen MR) is 30.0 cm³/mol. The highest BCUT2D eigenvalue weighted by Crippen LogP contribution is 1.89. The molecule has 0 aliphatic carbocycles. The molecule has 1 unspecified atom stereocenters. The van der Waals surface area contributed by atoms with E-state index in [-0.39, 0.29) is 0 Å². The molecule has 0 spiro atoms. The average molecular weight is 225 g/mol. The Kier molecular flexibility index (Phi) is 3.95. The summed E-state index contributed by atoms with van der Waals surface area (Å²) in [6.45, 7) is 0. The minimum Gasteiger partial charge on any atom is -0.707 e. The van der Waals surface area contributed by atoms with Crippen molar-refractivity contribution in [2.24, 2.45) is 0 Å². The van der Waals surface area contributed by atoms with E-state index in [9.17, 15) is 22.1 Å². The van der Waals surface area contributed by atoms with Gasteiger partial charge in [-0.15, -0.1) is 4.33 Å². The minimum atomic E-state index is -4.68. The Labute approximate surface area is 62.7 Å². The first-order chi connectivity index (χ1) is 4.98. The van der Waals surface area contributed by atoms with E-state index in [1.807, 2.05) is 0 Å². The molecule has 0 aliphatic heterocycles. The van der Waals surface area contributed by atoms with Gasteiger partial charge in [-0.05, 0) is 0 Å². The summed E-state index contributed by atoms with van der Waals surface area (Å²) in [5, 5.41) is 17.0. The van der Waals surface area contributed by atoms with Gasteiger partial charge in [0.25, 0.3) is 0 Å². The molecule has 0 fully saturated rings. The van der Waals surface area contributed by atoms with Gasteiger partial charge in [-0.1, -0.05) is 0 Å². The van der Waals surface area contributed by atoms with Gasteiger partial charge < -0.3 is 9.59 Å². The standard InChI is InChI=1S/H2O8S3/c1-7-11(6,8-2)10(5)9(3)4/h1-2H/p-1. The monoisotopic (exact) mass is 225 g/mol. The molecule has 0 aliphatic rings. The van der Waals surface area contributed by atoms with E-state index in [0.29, 0.717) is 0 Å². The van der Waals surface area contributed by atoms with Crippen LogP contribution in [0.5, 0.6) is 0 Å². The zero-order chi connectivity index (χ0) is 9.07. The van der Waals surface area contributed by atoms with Gasteiger partial charge in [0.05, 0.1) is 0 Å². The van der Waals surface area contributed by atoms with Crippen molar-refractivity contribution in [1.29, 1.82) is 0 Å². The molecule has 0 saturated carbocycles. The zero-order valence-corrected chi connectivity index (χ0v) is 6.98. The number of hydrogen-bond donors (Lipinski definition) is 1. The topological polar surface area (TPSA) is 130 Å². The largest absolute Gasteiger partial charge is 0.707 e. The fourth-order valence-corrected chi connectivity index (χ4v) is 2.73. The van der Waals surface area contributed by atoms with Gasteiger partial charge >= 0.3 is 18.3 Å². The van der Waals surface area contributed by atoms with Gasteiger partial charge in [0, 0.05) is 0 Å². The van der Waals surface area contributed by atoms with Crippen LogP contribution in [0.15, 0.2) is 0 Å². The Bertz CT molecular complexity index is 420. The molecule has 0 aromatic rings. The Morgan fingerprint density at radius 2 is 1.82 bits per heavy atom. The first kappa shape index (κ1) is 10.8. The molecule has 0 rings (SSSR count). The van der Waals surface area contributed by atoms with Gasteiger partial charge in [-0.25, -0.2) is 5.26 Å². The van der Waals surface area contributed by atoms with Crippen LogP contribution in [0.25, 0.3) is 0 Å². The Morgan fingerprint density at radius 3 is 1.91 bits per heavy atom. The van der Waals surface area contributed by atoms with E-state index in [1.54, 1.807) is 0 Å². The lowest BCUT2D eigenvalue weighted by molar-refractivity contribution is -0.637. The molecule has 0 saturated heterocycles. The Morgan fingerprint density at radius 1 is 1.36 bits per heavy atom.